The van der Waals surface area contributed by atoms with Crippen molar-refractivity contribution in [3.63, 3.8) is 0 Å². The molecule has 4 aliphatic rings. The molecule has 0 radical (unpaired) electrons. The molecule has 0 saturated heterocycles. The zero-order valence-corrected chi connectivity index (χ0v) is 23.6. The van der Waals surface area contributed by atoms with E-state index in [2.05, 4.69) is 34.6 Å². The number of hydrogen-bond acceptors (Lipinski definition) is 4. The number of ether oxygens (including phenoxy) is 1. The number of halogens is 1. The standard InChI is InChI=1S/C29H48ClNO4/c1-18(2)8-7-9-19(3)23-10-11-24-22-16-26(31(33)34)29(30)17-21(35-20(4)32)12-15-28(29,6)25(22)13-14-27(23,24)5/h18-19,21-26H,7-17H2,1-6H3/t19-,21-,22-,23-,24-,25-,26+,27+,28-,29+/m1/s1. The third-order valence-corrected chi connectivity index (χ3v) is 12.4. The van der Waals surface area contributed by atoms with E-state index in [-0.39, 0.29) is 27.8 Å². The quantitative estimate of drug-likeness (QED) is 0.153. The summed E-state index contributed by atoms with van der Waals surface area (Å²) in [7, 11) is 0. The number of nitrogens with zero attached hydrogens (tertiary/aromatic N) is 1. The lowest BCUT2D eigenvalue weighted by molar-refractivity contribution is -0.543. The Hall–Kier alpha value is -0.840. The molecule has 0 spiro atoms. The number of esters is 1. The van der Waals surface area contributed by atoms with Gasteiger partial charge in [-0.2, -0.15) is 0 Å². The molecule has 4 fully saturated rings. The summed E-state index contributed by atoms with van der Waals surface area (Å²) in [4.78, 5) is 23.1. The maximum absolute atomic E-state index is 12.5. The van der Waals surface area contributed by atoms with Gasteiger partial charge < -0.3 is 4.74 Å². The average Bonchev–Trinajstić information content (AvgIpc) is 3.10. The number of fused-ring (bicyclic) bond motifs is 5. The van der Waals surface area contributed by atoms with E-state index in [1.165, 1.54) is 45.4 Å². The van der Waals surface area contributed by atoms with Gasteiger partial charge in [-0.25, -0.2) is 0 Å². The fourth-order valence-electron chi connectivity index (χ4n) is 9.81. The lowest BCUT2D eigenvalue weighted by Gasteiger charge is -2.64. The van der Waals surface area contributed by atoms with Crippen LogP contribution in [0.2, 0.25) is 0 Å². The van der Waals surface area contributed by atoms with Crippen molar-refractivity contribution < 1.29 is 14.5 Å². The second-order valence-corrected chi connectivity index (χ2v) is 14.4. The van der Waals surface area contributed by atoms with Gasteiger partial charge in [-0.05, 0) is 84.9 Å². The molecule has 5 nitrogen and oxygen atoms in total. The molecular formula is C29H48ClNO4. The molecule has 0 heterocycles. The Bertz CT molecular complexity index is 819. The van der Waals surface area contributed by atoms with E-state index in [0.29, 0.717) is 30.6 Å². The van der Waals surface area contributed by atoms with Gasteiger partial charge in [0.05, 0.1) is 0 Å². The van der Waals surface area contributed by atoms with E-state index in [0.717, 1.165) is 37.0 Å². The first-order valence-corrected chi connectivity index (χ1v) is 14.7. The van der Waals surface area contributed by atoms with Crippen molar-refractivity contribution in [2.75, 3.05) is 0 Å². The lowest BCUT2D eigenvalue weighted by atomic mass is 9.43. The van der Waals surface area contributed by atoms with E-state index >= 15 is 0 Å². The van der Waals surface area contributed by atoms with E-state index in [9.17, 15) is 14.9 Å². The predicted octanol–water partition coefficient (Wildman–Crippen LogP) is 7.66. The summed E-state index contributed by atoms with van der Waals surface area (Å²) in [6.07, 6.45) is 11.0. The fraction of sp³-hybridized carbons (Fsp3) is 0.966. The predicted molar refractivity (Wildman–Crippen MR) is 140 cm³/mol. The molecule has 200 valence electrons. The van der Waals surface area contributed by atoms with E-state index in [1.807, 2.05) is 0 Å². The van der Waals surface area contributed by atoms with Crippen LogP contribution in [0.15, 0.2) is 0 Å². The maximum atomic E-state index is 12.5. The van der Waals surface area contributed by atoms with Crippen molar-refractivity contribution in [2.45, 2.75) is 129 Å². The first-order valence-electron chi connectivity index (χ1n) is 14.3. The Balaban J connectivity index is 1.58. The monoisotopic (exact) mass is 509 g/mol. The largest absolute Gasteiger partial charge is 0.462 e. The van der Waals surface area contributed by atoms with Crippen LogP contribution in [0.3, 0.4) is 0 Å². The number of carbonyl (C=O) groups excluding carboxylic acids is 1. The summed E-state index contributed by atoms with van der Waals surface area (Å²) in [5.41, 5.74) is -0.00860. The zero-order valence-electron chi connectivity index (χ0n) is 22.9. The van der Waals surface area contributed by atoms with Crippen molar-refractivity contribution >= 4 is 17.6 Å². The van der Waals surface area contributed by atoms with Gasteiger partial charge in [-0.1, -0.05) is 53.9 Å². The van der Waals surface area contributed by atoms with Crippen LogP contribution in [0.5, 0.6) is 0 Å². The van der Waals surface area contributed by atoms with Crippen LogP contribution in [0, 0.1) is 56.5 Å². The minimum Gasteiger partial charge on any atom is -0.462 e. The normalized spacial score (nSPS) is 45.8. The van der Waals surface area contributed by atoms with E-state index < -0.39 is 10.9 Å². The molecule has 0 N–H and O–H groups in total. The van der Waals surface area contributed by atoms with Gasteiger partial charge in [0.1, 0.15) is 11.0 Å². The molecule has 0 bridgehead atoms. The number of alkyl halides is 1. The van der Waals surface area contributed by atoms with Crippen LogP contribution in [0.4, 0.5) is 0 Å². The van der Waals surface area contributed by atoms with Crippen LogP contribution in [-0.4, -0.2) is 27.9 Å². The Kier molecular flexibility index (Phi) is 7.62. The molecular weight excluding hydrogens is 462 g/mol. The number of rotatable bonds is 7. The molecule has 0 aromatic carbocycles. The van der Waals surface area contributed by atoms with Crippen molar-refractivity contribution in [1.82, 2.24) is 0 Å². The van der Waals surface area contributed by atoms with Gasteiger partial charge in [-0.3, -0.25) is 14.9 Å². The minimum absolute atomic E-state index is 0.0927. The molecule has 0 aliphatic heterocycles. The molecule has 4 aliphatic carbocycles. The highest BCUT2D eigenvalue weighted by Gasteiger charge is 2.71. The summed E-state index contributed by atoms with van der Waals surface area (Å²) >= 11 is 7.38. The van der Waals surface area contributed by atoms with Gasteiger partial charge in [0.25, 0.3) is 0 Å². The van der Waals surface area contributed by atoms with Crippen LogP contribution in [-0.2, 0) is 9.53 Å². The molecule has 0 unspecified atom stereocenters. The van der Waals surface area contributed by atoms with Gasteiger partial charge in [-0.15, -0.1) is 11.6 Å². The maximum Gasteiger partial charge on any atom is 0.302 e. The van der Waals surface area contributed by atoms with Gasteiger partial charge in [0.15, 0.2) is 0 Å². The van der Waals surface area contributed by atoms with Crippen LogP contribution >= 0.6 is 11.6 Å². The minimum atomic E-state index is -0.952. The molecule has 0 aromatic rings. The smallest absolute Gasteiger partial charge is 0.302 e. The summed E-state index contributed by atoms with van der Waals surface area (Å²) in [6.45, 7) is 13.3. The average molecular weight is 510 g/mol. The topological polar surface area (TPSA) is 69.4 Å². The summed E-state index contributed by atoms with van der Waals surface area (Å²) < 4.78 is 5.54. The van der Waals surface area contributed by atoms with Crippen molar-refractivity contribution in [1.29, 1.82) is 0 Å². The summed E-state index contributed by atoms with van der Waals surface area (Å²) in [6, 6.07) is -0.779. The lowest BCUT2D eigenvalue weighted by Crippen LogP contribution is -2.67. The SMILES string of the molecule is CC(=O)O[C@@H]1CC[C@]2(C)[C@@H]3CC[C@]4(C)[C@H](CC[C@@H]4[C@H](C)CCCC(C)C)[C@H]3C[C@H]([N+](=O)[O-])[C@@]2(Cl)C1. The highest BCUT2D eigenvalue weighted by Crippen LogP contribution is 2.70. The summed E-state index contributed by atoms with van der Waals surface area (Å²) in [5, 5.41) is 12.5. The molecule has 0 amide bonds. The first-order chi connectivity index (χ1) is 16.3. The Morgan fingerprint density at radius 3 is 2.43 bits per heavy atom. The Morgan fingerprint density at radius 2 is 1.80 bits per heavy atom. The van der Waals surface area contributed by atoms with Gasteiger partial charge in [0, 0.05) is 24.7 Å². The molecule has 4 saturated carbocycles. The van der Waals surface area contributed by atoms with Gasteiger partial charge >= 0.3 is 5.97 Å². The summed E-state index contributed by atoms with van der Waals surface area (Å²) in [5.74, 6) is 3.24. The van der Waals surface area contributed by atoms with Crippen molar-refractivity contribution in [2.24, 2.45) is 46.3 Å². The van der Waals surface area contributed by atoms with Crippen LogP contribution in [0.1, 0.15) is 112 Å². The second kappa shape index (κ2) is 9.80. The third kappa shape index (κ3) is 4.55. The molecule has 35 heavy (non-hydrogen) atoms. The highest BCUT2D eigenvalue weighted by molar-refractivity contribution is 6.25. The first kappa shape index (κ1) is 27.2. The molecule has 0 aromatic heterocycles. The highest BCUT2D eigenvalue weighted by atomic mass is 35.5. The molecule has 6 heteroatoms. The number of nitro groups is 1. The number of carbonyl (C=O) groups is 1. The fourth-order valence-corrected chi connectivity index (χ4v) is 10.4. The van der Waals surface area contributed by atoms with Crippen molar-refractivity contribution in [3.8, 4) is 0 Å². The molecule has 4 rings (SSSR count). The van der Waals surface area contributed by atoms with Crippen LogP contribution in [0.25, 0.3) is 0 Å². The Labute approximate surface area is 217 Å². The number of hydrogen-bond donors (Lipinski definition) is 0. The van der Waals surface area contributed by atoms with Crippen LogP contribution < -0.4 is 0 Å². The zero-order chi connectivity index (χ0) is 25.8. The second-order valence-electron chi connectivity index (χ2n) is 13.7. The Morgan fingerprint density at radius 1 is 1.09 bits per heavy atom. The van der Waals surface area contributed by atoms with Crippen molar-refractivity contribution in [3.05, 3.63) is 10.1 Å². The van der Waals surface area contributed by atoms with E-state index in [4.69, 9.17) is 16.3 Å². The third-order valence-electron chi connectivity index (χ3n) is 11.5. The molecule has 10 atom stereocenters. The van der Waals surface area contributed by atoms with E-state index in [1.54, 1.807) is 0 Å². The van der Waals surface area contributed by atoms with Gasteiger partial charge in [0.2, 0.25) is 6.04 Å².